The molecule has 7 rings (SSSR count). The largest absolute Gasteiger partial charge is 0.569 e. The lowest BCUT2D eigenvalue weighted by Crippen LogP contribution is -1.99. The maximum Gasteiger partial charge on any atom is 0.569 e. The van der Waals surface area contributed by atoms with Crippen molar-refractivity contribution in [1.29, 1.82) is 0 Å². The Morgan fingerprint density at radius 3 is 2.30 bits per heavy atom. The van der Waals surface area contributed by atoms with Crippen LogP contribution in [-0.4, -0.2) is 12.7 Å². The van der Waals surface area contributed by atoms with Gasteiger partial charge in [0.1, 0.15) is 11.3 Å². The van der Waals surface area contributed by atoms with Crippen LogP contribution >= 0.6 is 11.3 Å². The molecule has 5 heteroatoms. The molecule has 0 fully saturated rings. The number of benzene rings is 5. The third kappa shape index (κ3) is 2.67. The smallest absolute Gasteiger partial charge is 0.535 e. The summed E-state index contributed by atoms with van der Waals surface area (Å²) in [5, 5.41) is 16.2. The van der Waals surface area contributed by atoms with E-state index in [4.69, 9.17) is 9.07 Å². The zero-order valence-corrected chi connectivity index (χ0v) is 18.2. The second-order valence-corrected chi connectivity index (χ2v) is 9.14. The molecule has 33 heavy (non-hydrogen) atoms. The van der Waals surface area contributed by atoms with E-state index in [9.17, 15) is 5.02 Å². The highest BCUT2D eigenvalue weighted by atomic mass is 32.1. The molecule has 0 aliphatic heterocycles. The Bertz CT molecular complexity index is 1850. The Hall–Kier alpha value is -3.80. The fourth-order valence-corrected chi connectivity index (χ4v) is 6.18. The molecule has 3 nitrogen and oxygen atoms in total. The average molecular weight is 443 g/mol. The van der Waals surface area contributed by atoms with Crippen molar-refractivity contribution in [1.82, 2.24) is 0 Å². The normalized spacial score (nSPS) is 11.8. The van der Waals surface area contributed by atoms with Crippen molar-refractivity contribution in [2.45, 2.75) is 0 Å². The molecule has 0 bridgehead atoms. The van der Waals surface area contributed by atoms with Gasteiger partial charge in [0.05, 0.1) is 0 Å². The zero-order valence-electron chi connectivity index (χ0n) is 17.4. The molecule has 0 atom stereocenters. The Morgan fingerprint density at radius 1 is 0.697 bits per heavy atom. The van der Waals surface area contributed by atoms with E-state index in [1.165, 1.54) is 30.9 Å². The van der Waals surface area contributed by atoms with Gasteiger partial charge in [0, 0.05) is 42.1 Å². The summed E-state index contributed by atoms with van der Waals surface area (Å²) in [5.41, 5.74) is 3.64. The van der Waals surface area contributed by atoms with Crippen molar-refractivity contribution in [3.63, 3.8) is 0 Å². The van der Waals surface area contributed by atoms with Crippen LogP contribution in [0.3, 0.4) is 0 Å². The summed E-state index contributed by atoms with van der Waals surface area (Å²) >= 11 is 1.82. The van der Waals surface area contributed by atoms with Gasteiger partial charge in [-0.3, -0.25) is 0 Å². The molecule has 0 unspecified atom stereocenters. The summed E-state index contributed by atoms with van der Waals surface area (Å²) in [5.74, 6) is 0.489. The maximum atomic E-state index is 9.19. The quantitative estimate of drug-likeness (QED) is 0.285. The number of hydrogen-bond donors (Lipinski definition) is 1. The van der Waals surface area contributed by atoms with Gasteiger partial charge in [-0.25, -0.2) is 0 Å². The predicted molar refractivity (Wildman–Crippen MR) is 138 cm³/mol. The minimum absolute atomic E-state index is 0.489. The van der Waals surface area contributed by atoms with Gasteiger partial charge in [0.2, 0.25) is 0 Å². The molecule has 0 spiro atoms. The number of rotatable bonds is 3. The second kappa shape index (κ2) is 7.10. The van der Waals surface area contributed by atoms with Crippen LogP contribution in [-0.2, 0) is 0 Å². The van der Waals surface area contributed by atoms with Gasteiger partial charge in [-0.15, -0.1) is 11.3 Å². The number of thiophene rings is 1. The van der Waals surface area contributed by atoms with Crippen LogP contribution in [0.4, 0.5) is 0 Å². The fourth-order valence-electron chi connectivity index (χ4n) is 4.93. The van der Waals surface area contributed by atoms with E-state index in [1.54, 1.807) is 6.07 Å². The van der Waals surface area contributed by atoms with E-state index in [-0.39, 0.29) is 0 Å². The van der Waals surface area contributed by atoms with Gasteiger partial charge in [-0.1, -0.05) is 72.8 Å². The predicted octanol–water partition coefficient (Wildman–Crippen LogP) is 7.68. The van der Waals surface area contributed by atoms with Gasteiger partial charge in [0.15, 0.2) is 5.58 Å². The van der Waals surface area contributed by atoms with E-state index < -0.39 is 0 Å². The lowest BCUT2D eigenvalue weighted by Gasteiger charge is -2.08. The van der Waals surface area contributed by atoms with E-state index >= 15 is 0 Å². The first-order valence-corrected chi connectivity index (χ1v) is 11.6. The Kier molecular flexibility index (Phi) is 4.04. The highest BCUT2D eigenvalue weighted by Crippen LogP contribution is 2.47. The summed E-state index contributed by atoms with van der Waals surface area (Å²) in [7, 11) is 0.687. The Balaban J connectivity index is 1.64. The Morgan fingerprint density at radius 2 is 1.42 bits per heavy atom. The molecule has 0 saturated carbocycles. The van der Waals surface area contributed by atoms with E-state index in [1.807, 2.05) is 23.5 Å². The molecule has 0 amide bonds. The second-order valence-electron chi connectivity index (χ2n) is 8.09. The molecule has 0 aliphatic rings. The topological polar surface area (TPSA) is 42.6 Å². The standard InChI is InChI=1S/C28H16BO3S/c30-29-32-23-13-6-12-19-18-10-5-11-20(26(18)31-27(19)23)22-15-16-7-1-2-8-17(16)25-21-9-3-4-14-24(21)33-28(22)25/h1-15,30H. The molecule has 7 aromatic rings. The van der Waals surface area contributed by atoms with Crippen molar-refractivity contribution in [3.8, 4) is 16.9 Å². The van der Waals surface area contributed by atoms with Crippen LogP contribution < -0.4 is 4.65 Å². The average Bonchev–Trinajstić information content (AvgIpc) is 3.43. The van der Waals surface area contributed by atoms with Crippen LogP contribution in [0.2, 0.25) is 0 Å². The van der Waals surface area contributed by atoms with Crippen molar-refractivity contribution in [2.75, 3.05) is 0 Å². The van der Waals surface area contributed by atoms with Gasteiger partial charge in [0.25, 0.3) is 0 Å². The molecule has 0 saturated heterocycles. The molecule has 0 aliphatic carbocycles. The van der Waals surface area contributed by atoms with Crippen LogP contribution in [0.15, 0.2) is 95.4 Å². The van der Waals surface area contributed by atoms with Crippen LogP contribution in [0.1, 0.15) is 0 Å². The lowest BCUT2D eigenvalue weighted by molar-refractivity contribution is 0.451. The van der Waals surface area contributed by atoms with Crippen molar-refractivity contribution in [2.24, 2.45) is 0 Å². The number of furan rings is 1. The first kappa shape index (κ1) is 18.7. The lowest BCUT2D eigenvalue weighted by atomic mass is 9.95. The first-order valence-electron chi connectivity index (χ1n) is 10.7. The summed E-state index contributed by atoms with van der Waals surface area (Å²) in [6, 6.07) is 31.4. The first-order chi connectivity index (χ1) is 16.3. The van der Waals surface area contributed by atoms with Gasteiger partial charge >= 0.3 is 7.69 Å². The van der Waals surface area contributed by atoms with Gasteiger partial charge in [-0.05, 0) is 29.0 Å². The van der Waals surface area contributed by atoms with E-state index in [0.717, 1.165) is 27.5 Å². The molecule has 5 aromatic carbocycles. The number of hydrogen-bond acceptors (Lipinski definition) is 4. The highest BCUT2D eigenvalue weighted by molar-refractivity contribution is 7.26. The minimum atomic E-state index is 0.489. The molecular weight excluding hydrogens is 427 g/mol. The molecule has 2 heterocycles. The number of para-hydroxylation sites is 2. The van der Waals surface area contributed by atoms with Gasteiger partial charge in [-0.2, -0.15) is 0 Å². The third-order valence-corrected chi connectivity index (χ3v) is 7.53. The van der Waals surface area contributed by atoms with Gasteiger partial charge < -0.3 is 14.1 Å². The minimum Gasteiger partial charge on any atom is -0.535 e. The molecular formula is C28H16BO3S. The molecule has 155 valence electrons. The van der Waals surface area contributed by atoms with E-state index in [2.05, 4.69) is 72.8 Å². The molecule has 1 radical (unpaired) electrons. The summed E-state index contributed by atoms with van der Waals surface area (Å²) < 4.78 is 14.2. The maximum absolute atomic E-state index is 9.19. The van der Waals surface area contributed by atoms with Crippen LogP contribution in [0, 0.1) is 0 Å². The monoisotopic (exact) mass is 443 g/mol. The highest BCUT2D eigenvalue weighted by Gasteiger charge is 2.19. The van der Waals surface area contributed by atoms with Crippen LogP contribution in [0.5, 0.6) is 5.75 Å². The van der Waals surface area contributed by atoms with Crippen molar-refractivity contribution >= 4 is 71.9 Å². The third-order valence-electron chi connectivity index (χ3n) is 6.33. The molecule has 2 aromatic heterocycles. The molecule has 1 N–H and O–H groups in total. The Labute approximate surface area is 193 Å². The SMILES string of the molecule is O[B]Oc1cccc2c1oc1c(-c3cc4ccccc4c4c3sc3ccccc34)cccc12. The summed E-state index contributed by atoms with van der Waals surface area (Å²) in [4.78, 5) is 0. The summed E-state index contributed by atoms with van der Waals surface area (Å²) in [6.07, 6.45) is 0. The van der Waals surface area contributed by atoms with Crippen molar-refractivity contribution in [3.05, 3.63) is 91.0 Å². The van der Waals surface area contributed by atoms with E-state index in [0.29, 0.717) is 19.0 Å². The summed E-state index contributed by atoms with van der Waals surface area (Å²) in [6.45, 7) is 0. The number of fused-ring (bicyclic) bond motifs is 8. The van der Waals surface area contributed by atoms with Crippen LogP contribution in [0.25, 0.3) is 64.0 Å². The van der Waals surface area contributed by atoms with Crippen molar-refractivity contribution < 1.29 is 14.1 Å². The zero-order chi connectivity index (χ0) is 21.9. The fraction of sp³-hybridized carbons (Fsp3) is 0.